The molecule has 2 amide bonds. The van der Waals surface area contributed by atoms with Gasteiger partial charge in [-0.05, 0) is 31.2 Å². The van der Waals surface area contributed by atoms with Crippen molar-refractivity contribution in [3.8, 4) is 11.5 Å². The van der Waals surface area contributed by atoms with Crippen LogP contribution >= 0.6 is 11.6 Å². The number of urea groups is 1. The van der Waals surface area contributed by atoms with Crippen LogP contribution in [0.2, 0.25) is 5.02 Å². The molecule has 0 aliphatic heterocycles. The number of hydrogen-bond donors (Lipinski definition) is 2. The Morgan fingerprint density at radius 1 is 1.23 bits per heavy atom. The van der Waals surface area contributed by atoms with E-state index in [4.69, 9.17) is 21.1 Å². The Morgan fingerprint density at radius 2 is 1.95 bits per heavy atom. The Labute approximate surface area is 133 Å². The van der Waals surface area contributed by atoms with E-state index in [1.807, 2.05) is 19.1 Å². The quantitative estimate of drug-likeness (QED) is 0.801. The number of ether oxygens (including phenoxy) is 2. The summed E-state index contributed by atoms with van der Waals surface area (Å²) < 4.78 is 10.9. The average molecular weight is 322 g/mol. The summed E-state index contributed by atoms with van der Waals surface area (Å²) in [5.74, 6) is 1.55. The third kappa shape index (κ3) is 4.82. The van der Waals surface area contributed by atoms with Gasteiger partial charge in [-0.2, -0.15) is 0 Å². The molecule has 0 unspecified atom stereocenters. The van der Waals surface area contributed by atoms with Crippen LogP contribution in [0.4, 0.5) is 10.6 Å². The van der Waals surface area contributed by atoms with E-state index in [9.17, 15) is 4.79 Å². The number of anilines is 1. The molecule has 0 atom stereocenters. The molecule has 0 aliphatic rings. The molecular weight excluding hydrogens is 306 g/mol. The van der Waals surface area contributed by atoms with E-state index in [1.54, 1.807) is 24.3 Å². The maximum absolute atomic E-state index is 11.7. The minimum atomic E-state index is -0.441. The van der Waals surface area contributed by atoms with Crippen molar-refractivity contribution in [1.29, 1.82) is 0 Å². The van der Waals surface area contributed by atoms with Crippen molar-refractivity contribution in [3.63, 3.8) is 0 Å². The second-order valence-electron chi connectivity index (χ2n) is 4.16. The fourth-order valence-electron chi connectivity index (χ4n) is 1.66. The SMILES string of the molecule is CCOc1ccccc1OCNC(=O)Nc1cc(Cl)ccn1. The zero-order valence-electron chi connectivity index (χ0n) is 12.0. The van der Waals surface area contributed by atoms with Gasteiger partial charge >= 0.3 is 6.03 Å². The lowest BCUT2D eigenvalue weighted by Gasteiger charge is -2.12. The first kappa shape index (κ1) is 15.9. The van der Waals surface area contributed by atoms with Gasteiger partial charge in [0.1, 0.15) is 5.82 Å². The van der Waals surface area contributed by atoms with Crippen LogP contribution in [0.1, 0.15) is 6.92 Å². The van der Waals surface area contributed by atoms with Gasteiger partial charge in [0.05, 0.1) is 6.61 Å². The Morgan fingerprint density at radius 3 is 2.64 bits per heavy atom. The summed E-state index contributed by atoms with van der Waals surface area (Å²) in [7, 11) is 0. The van der Waals surface area contributed by atoms with E-state index in [-0.39, 0.29) is 6.73 Å². The molecule has 0 spiro atoms. The van der Waals surface area contributed by atoms with Gasteiger partial charge in [-0.3, -0.25) is 5.32 Å². The third-order valence-electron chi connectivity index (χ3n) is 2.57. The molecule has 0 aliphatic carbocycles. The number of carbonyl (C=O) groups excluding carboxylic acids is 1. The number of rotatable bonds is 6. The first-order valence-corrected chi connectivity index (χ1v) is 7.08. The molecule has 1 aromatic heterocycles. The molecule has 0 radical (unpaired) electrons. The maximum Gasteiger partial charge on any atom is 0.323 e. The van der Waals surface area contributed by atoms with Crippen molar-refractivity contribution in [2.24, 2.45) is 0 Å². The van der Waals surface area contributed by atoms with Crippen LogP contribution in [0.25, 0.3) is 0 Å². The molecule has 1 heterocycles. The predicted octanol–water partition coefficient (Wildman–Crippen LogP) is 3.29. The zero-order valence-corrected chi connectivity index (χ0v) is 12.8. The van der Waals surface area contributed by atoms with Crippen LogP contribution in [0, 0.1) is 0 Å². The largest absolute Gasteiger partial charge is 0.490 e. The lowest BCUT2D eigenvalue weighted by atomic mass is 10.3. The molecule has 6 nitrogen and oxygen atoms in total. The molecule has 22 heavy (non-hydrogen) atoms. The van der Waals surface area contributed by atoms with E-state index >= 15 is 0 Å². The van der Waals surface area contributed by atoms with Crippen molar-refractivity contribution in [2.75, 3.05) is 18.7 Å². The van der Waals surface area contributed by atoms with Gasteiger partial charge in [0.25, 0.3) is 0 Å². The lowest BCUT2D eigenvalue weighted by Crippen LogP contribution is -2.32. The number of para-hydroxylation sites is 2. The predicted molar refractivity (Wildman–Crippen MR) is 84.5 cm³/mol. The summed E-state index contributed by atoms with van der Waals surface area (Å²) in [4.78, 5) is 15.7. The second kappa shape index (κ2) is 8.09. The number of pyridine rings is 1. The van der Waals surface area contributed by atoms with Gasteiger partial charge in [-0.1, -0.05) is 23.7 Å². The highest BCUT2D eigenvalue weighted by atomic mass is 35.5. The van der Waals surface area contributed by atoms with Gasteiger partial charge < -0.3 is 14.8 Å². The molecule has 7 heteroatoms. The van der Waals surface area contributed by atoms with Gasteiger partial charge in [0, 0.05) is 11.2 Å². The minimum Gasteiger partial charge on any atom is -0.490 e. The van der Waals surface area contributed by atoms with Gasteiger partial charge in [0.2, 0.25) is 0 Å². The number of hydrogen-bond acceptors (Lipinski definition) is 4. The summed E-state index contributed by atoms with van der Waals surface area (Å²) in [6.45, 7) is 2.42. The monoisotopic (exact) mass is 321 g/mol. The fourth-order valence-corrected chi connectivity index (χ4v) is 1.82. The minimum absolute atomic E-state index is 0.00349. The van der Waals surface area contributed by atoms with E-state index in [0.717, 1.165) is 0 Å². The smallest absolute Gasteiger partial charge is 0.323 e. The molecule has 2 rings (SSSR count). The van der Waals surface area contributed by atoms with Gasteiger partial charge in [-0.15, -0.1) is 0 Å². The van der Waals surface area contributed by atoms with Crippen LogP contribution in [0.3, 0.4) is 0 Å². The van der Waals surface area contributed by atoms with E-state index in [0.29, 0.717) is 28.9 Å². The Kier molecular flexibility index (Phi) is 5.85. The summed E-state index contributed by atoms with van der Waals surface area (Å²) >= 11 is 5.81. The average Bonchev–Trinajstić information content (AvgIpc) is 2.49. The Hall–Kier alpha value is -2.47. The van der Waals surface area contributed by atoms with Crippen molar-refractivity contribution >= 4 is 23.4 Å². The number of amides is 2. The summed E-state index contributed by atoms with van der Waals surface area (Å²) in [6, 6.07) is 9.97. The summed E-state index contributed by atoms with van der Waals surface area (Å²) in [5.41, 5.74) is 0. The first-order valence-electron chi connectivity index (χ1n) is 6.70. The Bertz CT molecular complexity index is 637. The first-order chi connectivity index (χ1) is 10.7. The van der Waals surface area contributed by atoms with Gasteiger partial charge in [0.15, 0.2) is 18.2 Å². The molecule has 2 N–H and O–H groups in total. The standard InChI is InChI=1S/C15H16ClN3O3/c1-2-21-12-5-3-4-6-13(12)22-10-18-15(20)19-14-9-11(16)7-8-17-14/h3-9H,2,10H2,1H3,(H2,17,18,19,20). The molecule has 2 aromatic rings. The van der Waals surface area contributed by atoms with E-state index < -0.39 is 6.03 Å². The highest BCUT2D eigenvalue weighted by Crippen LogP contribution is 2.25. The molecule has 116 valence electrons. The lowest BCUT2D eigenvalue weighted by molar-refractivity contribution is 0.229. The molecule has 1 aromatic carbocycles. The molecule has 0 fully saturated rings. The van der Waals surface area contributed by atoms with Crippen molar-refractivity contribution in [2.45, 2.75) is 6.92 Å². The van der Waals surface area contributed by atoms with E-state index in [2.05, 4.69) is 15.6 Å². The van der Waals surface area contributed by atoms with Crippen LogP contribution in [0.5, 0.6) is 11.5 Å². The van der Waals surface area contributed by atoms with E-state index in [1.165, 1.54) is 6.20 Å². The Balaban J connectivity index is 1.82. The molecule has 0 saturated carbocycles. The highest BCUT2D eigenvalue weighted by molar-refractivity contribution is 6.30. The van der Waals surface area contributed by atoms with Crippen LogP contribution < -0.4 is 20.1 Å². The fraction of sp³-hybridized carbons (Fsp3) is 0.200. The maximum atomic E-state index is 11.7. The highest BCUT2D eigenvalue weighted by Gasteiger charge is 2.05. The normalized spacial score (nSPS) is 9.91. The van der Waals surface area contributed by atoms with Crippen molar-refractivity contribution < 1.29 is 14.3 Å². The van der Waals surface area contributed by atoms with Crippen LogP contribution in [-0.2, 0) is 0 Å². The zero-order chi connectivity index (χ0) is 15.8. The number of nitrogens with one attached hydrogen (secondary N) is 2. The number of halogens is 1. The number of benzene rings is 1. The number of nitrogens with zero attached hydrogens (tertiary/aromatic N) is 1. The number of carbonyl (C=O) groups is 1. The van der Waals surface area contributed by atoms with Crippen LogP contribution in [0.15, 0.2) is 42.6 Å². The topological polar surface area (TPSA) is 72.5 Å². The molecular formula is C15H16ClN3O3. The van der Waals surface area contributed by atoms with Crippen LogP contribution in [-0.4, -0.2) is 24.4 Å². The van der Waals surface area contributed by atoms with Crippen molar-refractivity contribution in [3.05, 3.63) is 47.6 Å². The third-order valence-corrected chi connectivity index (χ3v) is 2.81. The van der Waals surface area contributed by atoms with Crippen molar-refractivity contribution in [1.82, 2.24) is 10.3 Å². The molecule has 0 bridgehead atoms. The number of aromatic nitrogens is 1. The van der Waals surface area contributed by atoms with Gasteiger partial charge in [-0.25, -0.2) is 9.78 Å². The second-order valence-corrected chi connectivity index (χ2v) is 4.60. The summed E-state index contributed by atoms with van der Waals surface area (Å²) in [6.07, 6.45) is 1.51. The summed E-state index contributed by atoms with van der Waals surface area (Å²) in [5, 5.41) is 5.60. The molecule has 0 saturated heterocycles.